The van der Waals surface area contributed by atoms with Crippen molar-refractivity contribution in [3.63, 3.8) is 0 Å². The molecule has 1 heterocycles. The Morgan fingerprint density at radius 1 is 0.851 bits per heavy atom. The van der Waals surface area contributed by atoms with E-state index in [-0.39, 0.29) is 18.7 Å². The number of methoxy groups -OCH3 is 3. The van der Waals surface area contributed by atoms with E-state index in [2.05, 4.69) is 16.0 Å². The number of allylic oxidation sites excluding steroid dienone is 2. The fourth-order valence-electron chi connectivity index (χ4n) is 5.14. The number of ether oxygens (including phenoxy) is 3. The van der Waals surface area contributed by atoms with Gasteiger partial charge in [-0.2, -0.15) is 0 Å². The number of carbonyl (C=O) groups excluding carboxylic acids is 2. The van der Waals surface area contributed by atoms with Gasteiger partial charge in [-0.15, -0.1) is 0 Å². The smallest absolute Gasteiger partial charge is 0.323 e. The zero-order valence-electron chi connectivity index (χ0n) is 27.1. The second-order valence-electron chi connectivity index (χ2n) is 10.9. The van der Waals surface area contributed by atoms with Crippen LogP contribution in [0.3, 0.4) is 0 Å². The van der Waals surface area contributed by atoms with Crippen LogP contribution in [-0.4, -0.2) is 55.3 Å². The molecule has 4 N–H and O–H groups in total. The third-order valence-corrected chi connectivity index (χ3v) is 7.63. The van der Waals surface area contributed by atoms with E-state index in [1.807, 2.05) is 73.5 Å². The summed E-state index contributed by atoms with van der Waals surface area (Å²) in [5.74, 6) is 0.262. The van der Waals surface area contributed by atoms with Gasteiger partial charge in [-0.1, -0.05) is 42.5 Å². The van der Waals surface area contributed by atoms with Gasteiger partial charge >= 0.3 is 12.0 Å². The average Bonchev–Trinajstić information content (AvgIpc) is 3.31. The minimum Gasteiger partial charge on any atom is -0.495 e. The fourth-order valence-corrected chi connectivity index (χ4v) is 5.14. The Labute approximate surface area is 274 Å². The third-order valence-electron chi connectivity index (χ3n) is 7.63. The van der Waals surface area contributed by atoms with Crippen LogP contribution in [0.4, 0.5) is 16.2 Å². The van der Waals surface area contributed by atoms with Crippen molar-refractivity contribution in [1.82, 2.24) is 10.2 Å². The molecule has 246 valence electrons. The largest absolute Gasteiger partial charge is 0.495 e. The van der Waals surface area contributed by atoms with Crippen LogP contribution < -0.4 is 30.2 Å². The molecule has 11 heteroatoms. The molecule has 1 aliphatic rings. The number of carbonyl (C=O) groups is 3. The van der Waals surface area contributed by atoms with E-state index in [9.17, 15) is 19.5 Å². The molecule has 3 aromatic carbocycles. The maximum atomic E-state index is 13.1. The number of anilines is 2. The van der Waals surface area contributed by atoms with E-state index in [4.69, 9.17) is 14.2 Å². The predicted octanol–water partition coefficient (Wildman–Crippen LogP) is 6.20. The topological polar surface area (TPSA) is 138 Å². The van der Waals surface area contributed by atoms with Crippen molar-refractivity contribution >= 4 is 29.3 Å². The summed E-state index contributed by atoms with van der Waals surface area (Å²) in [7, 11) is 4.56. The second kappa shape index (κ2) is 16.0. The highest BCUT2D eigenvalue weighted by atomic mass is 16.5. The van der Waals surface area contributed by atoms with Crippen molar-refractivity contribution in [3.05, 3.63) is 114 Å². The maximum Gasteiger partial charge on any atom is 0.323 e. The Morgan fingerprint density at radius 2 is 1.57 bits per heavy atom. The molecular weight excluding hydrogens is 600 g/mol. The van der Waals surface area contributed by atoms with Gasteiger partial charge in [0.05, 0.1) is 51.9 Å². The molecule has 2 atom stereocenters. The van der Waals surface area contributed by atoms with Gasteiger partial charge in [0.15, 0.2) is 11.5 Å². The number of para-hydroxylation sites is 1. The van der Waals surface area contributed by atoms with E-state index in [0.717, 1.165) is 16.7 Å². The predicted molar refractivity (Wildman–Crippen MR) is 181 cm³/mol. The number of urea groups is 1. The SMILES string of the molecule is COc1cc(CC(=O)NC(C)C2=CN(C(CC(=O)O)c3ccc(OC)c(OC)c3)C=CC=C2)ccc1NC(=O)Nc1ccccc1C. The quantitative estimate of drug-likeness (QED) is 0.173. The summed E-state index contributed by atoms with van der Waals surface area (Å²) in [6.07, 6.45) is 9.06. The highest BCUT2D eigenvalue weighted by Crippen LogP contribution is 2.35. The maximum absolute atomic E-state index is 13.1. The molecule has 2 unspecified atom stereocenters. The molecular formula is C36H40N4O7. The van der Waals surface area contributed by atoms with Crippen LogP contribution in [-0.2, 0) is 16.0 Å². The normalized spacial score (nSPS) is 13.5. The molecule has 0 fully saturated rings. The van der Waals surface area contributed by atoms with Gasteiger partial charge in [0.1, 0.15) is 5.75 Å². The standard InChI is InChI=1S/C36H40N4O7/c1-23-10-6-7-12-28(23)38-36(44)39-29-15-13-25(18-32(29)46-4)19-34(41)37-24(2)27-11-8-9-17-40(22-27)30(21-35(42)43)26-14-16-31(45-3)33(20-26)47-5/h6-18,20,22,24,30H,19,21H2,1-5H3,(H,37,41)(H,42,43)(H2,38,39,44). The lowest BCUT2D eigenvalue weighted by molar-refractivity contribution is -0.138. The first kappa shape index (κ1) is 34.2. The average molecular weight is 641 g/mol. The molecule has 11 nitrogen and oxygen atoms in total. The number of rotatable bonds is 13. The summed E-state index contributed by atoms with van der Waals surface area (Å²) in [4.78, 5) is 39.5. The highest BCUT2D eigenvalue weighted by Gasteiger charge is 2.24. The first-order valence-electron chi connectivity index (χ1n) is 15.0. The Bertz CT molecular complexity index is 1700. The van der Waals surface area contributed by atoms with Crippen LogP contribution in [0.25, 0.3) is 0 Å². The van der Waals surface area contributed by atoms with E-state index < -0.39 is 24.1 Å². The summed E-state index contributed by atoms with van der Waals surface area (Å²) >= 11 is 0. The van der Waals surface area contributed by atoms with Crippen LogP contribution in [0.15, 0.2) is 96.9 Å². The van der Waals surface area contributed by atoms with Crippen LogP contribution in [0, 0.1) is 6.92 Å². The number of hydrogen-bond donors (Lipinski definition) is 4. The van der Waals surface area contributed by atoms with E-state index in [1.165, 1.54) is 21.3 Å². The number of hydrogen-bond acceptors (Lipinski definition) is 7. The molecule has 1 aliphatic heterocycles. The molecule has 4 rings (SSSR count). The number of nitrogens with one attached hydrogen (secondary N) is 3. The number of carboxylic acids is 1. The van der Waals surface area contributed by atoms with Crippen LogP contribution in [0.5, 0.6) is 17.2 Å². The van der Waals surface area contributed by atoms with Gasteiger partial charge in [0.25, 0.3) is 0 Å². The first-order chi connectivity index (χ1) is 22.6. The Balaban J connectivity index is 1.45. The minimum atomic E-state index is -0.963. The summed E-state index contributed by atoms with van der Waals surface area (Å²) in [6.45, 7) is 3.77. The summed E-state index contributed by atoms with van der Waals surface area (Å²) in [5, 5.41) is 18.4. The highest BCUT2D eigenvalue weighted by molar-refractivity contribution is 6.01. The second-order valence-corrected chi connectivity index (χ2v) is 10.9. The Kier molecular flexibility index (Phi) is 11.7. The van der Waals surface area contributed by atoms with Crippen LogP contribution >= 0.6 is 0 Å². The molecule has 0 bridgehead atoms. The van der Waals surface area contributed by atoms with Crippen molar-refractivity contribution < 1.29 is 33.7 Å². The molecule has 47 heavy (non-hydrogen) atoms. The minimum absolute atomic E-state index is 0.0721. The van der Waals surface area contributed by atoms with Crippen molar-refractivity contribution in [2.24, 2.45) is 0 Å². The van der Waals surface area contributed by atoms with Gasteiger partial charge in [-0.25, -0.2) is 4.79 Å². The molecule has 0 aromatic heterocycles. The van der Waals surface area contributed by atoms with E-state index >= 15 is 0 Å². The van der Waals surface area contributed by atoms with Gasteiger partial charge in [-0.3, -0.25) is 9.59 Å². The third kappa shape index (κ3) is 9.16. The number of nitrogens with zero attached hydrogens (tertiary/aromatic N) is 1. The van der Waals surface area contributed by atoms with Crippen molar-refractivity contribution in [2.75, 3.05) is 32.0 Å². The van der Waals surface area contributed by atoms with Gasteiger partial charge in [-0.05, 0) is 72.5 Å². The number of amides is 3. The van der Waals surface area contributed by atoms with Crippen molar-refractivity contribution in [3.8, 4) is 17.2 Å². The van der Waals surface area contributed by atoms with E-state index in [1.54, 1.807) is 36.5 Å². The molecule has 0 saturated heterocycles. The molecule has 0 saturated carbocycles. The lowest BCUT2D eigenvalue weighted by atomic mass is 10.0. The Hall–Kier alpha value is -5.71. The number of benzene rings is 3. The number of carboxylic acid groups (broad SMARTS) is 1. The molecule has 0 spiro atoms. The van der Waals surface area contributed by atoms with Crippen molar-refractivity contribution in [2.45, 2.75) is 38.8 Å². The number of aliphatic carboxylic acids is 1. The molecule has 3 aromatic rings. The Morgan fingerprint density at radius 3 is 2.28 bits per heavy atom. The van der Waals surface area contributed by atoms with Gasteiger partial charge in [0.2, 0.25) is 5.91 Å². The summed E-state index contributed by atoms with van der Waals surface area (Å²) in [5.41, 5.74) is 4.28. The van der Waals surface area contributed by atoms with E-state index in [0.29, 0.717) is 34.2 Å². The first-order valence-corrected chi connectivity index (χ1v) is 15.0. The molecule has 0 aliphatic carbocycles. The van der Waals surface area contributed by atoms with Crippen molar-refractivity contribution in [1.29, 1.82) is 0 Å². The number of aryl methyl sites for hydroxylation is 1. The monoisotopic (exact) mass is 640 g/mol. The van der Waals surface area contributed by atoms with Crippen LogP contribution in [0.2, 0.25) is 0 Å². The fraction of sp³-hybridized carbons (Fsp3) is 0.250. The molecule has 0 radical (unpaired) electrons. The lowest BCUT2D eigenvalue weighted by Gasteiger charge is -2.29. The zero-order chi connectivity index (χ0) is 33.9. The molecule has 3 amide bonds. The lowest BCUT2D eigenvalue weighted by Crippen LogP contribution is -2.35. The summed E-state index contributed by atoms with van der Waals surface area (Å²) in [6, 6.07) is 16.6. The van der Waals surface area contributed by atoms with Crippen LogP contribution in [0.1, 0.15) is 36.1 Å². The zero-order valence-corrected chi connectivity index (χ0v) is 27.1. The summed E-state index contributed by atoms with van der Waals surface area (Å²) < 4.78 is 16.3. The van der Waals surface area contributed by atoms with Gasteiger partial charge in [0, 0.05) is 18.1 Å². The van der Waals surface area contributed by atoms with Gasteiger partial charge < -0.3 is 40.2 Å².